The quantitative estimate of drug-likeness (QED) is 0.905. The molecule has 0 unspecified atom stereocenters. The number of ether oxygens (including phenoxy) is 2. The molecule has 19 heavy (non-hydrogen) atoms. The van der Waals surface area contributed by atoms with E-state index in [9.17, 15) is 4.79 Å². The molecule has 4 heteroatoms. The summed E-state index contributed by atoms with van der Waals surface area (Å²) in [6.45, 7) is 0. The normalized spacial score (nSPS) is 18.2. The van der Waals surface area contributed by atoms with Crippen LogP contribution in [0.3, 0.4) is 0 Å². The highest BCUT2D eigenvalue weighted by atomic mass is 16.5. The Bertz CT molecular complexity index is 460. The Balaban J connectivity index is 2.35. The summed E-state index contributed by atoms with van der Waals surface area (Å²) in [5.41, 5.74) is 1.02. The molecular formula is C15H21NO3. The van der Waals surface area contributed by atoms with Crippen molar-refractivity contribution in [2.75, 3.05) is 21.3 Å². The molecule has 4 nitrogen and oxygen atoms in total. The molecule has 1 saturated carbocycles. The highest BCUT2D eigenvalue weighted by molar-refractivity contribution is 5.79. The second-order valence-corrected chi connectivity index (χ2v) is 4.94. The van der Waals surface area contributed by atoms with E-state index in [4.69, 9.17) is 9.47 Å². The topological polar surface area (TPSA) is 47.6 Å². The minimum Gasteiger partial charge on any atom is -0.493 e. The van der Waals surface area contributed by atoms with Crippen molar-refractivity contribution in [1.29, 1.82) is 0 Å². The Labute approximate surface area is 114 Å². The zero-order valence-corrected chi connectivity index (χ0v) is 11.8. The molecule has 2 rings (SSSR count). The first-order chi connectivity index (χ1) is 9.15. The predicted molar refractivity (Wildman–Crippen MR) is 73.8 cm³/mol. The maximum Gasteiger partial charge on any atom is 0.161 e. The third-order valence-electron chi connectivity index (χ3n) is 4.08. The lowest BCUT2D eigenvalue weighted by molar-refractivity contribution is -0.121. The van der Waals surface area contributed by atoms with Crippen LogP contribution in [0.2, 0.25) is 0 Å². The smallest absolute Gasteiger partial charge is 0.161 e. The molecule has 0 aliphatic heterocycles. The Kier molecular flexibility index (Phi) is 4.10. The first kappa shape index (κ1) is 13.9. The number of carbonyl (C=O) groups excluding carboxylic acids is 1. The Hall–Kier alpha value is -1.55. The monoisotopic (exact) mass is 263 g/mol. The van der Waals surface area contributed by atoms with Crippen molar-refractivity contribution < 1.29 is 14.3 Å². The van der Waals surface area contributed by atoms with E-state index in [2.05, 4.69) is 5.32 Å². The maximum atomic E-state index is 11.4. The highest BCUT2D eigenvalue weighted by Gasteiger charge is 2.35. The van der Waals surface area contributed by atoms with Gasteiger partial charge in [0.05, 0.1) is 14.2 Å². The van der Waals surface area contributed by atoms with Crippen LogP contribution >= 0.6 is 0 Å². The van der Waals surface area contributed by atoms with Crippen molar-refractivity contribution in [2.45, 2.75) is 31.2 Å². The van der Waals surface area contributed by atoms with Crippen LogP contribution in [0.25, 0.3) is 0 Å². The van der Waals surface area contributed by atoms with Gasteiger partial charge in [-0.1, -0.05) is 6.07 Å². The molecule has 1 N–H and O–H groups in total. The molecule has 104 valence electrons. The van der Waals surface area contributed by atoms with E-state index in [1.165, 1.54) is 0 Å². The minimum atomic E-state index is -0.131. The van der Waals surface area contributed by atoms with E-state index in [1.54, 1.807) is 14.2 Å². The Morgan fingerprint density at radius 3 is 2.26 bits per heavy atom. The summed E-state index contributed by atoms with van der Waals surface area (Å²) >= 11 is 0. The van der Waals surface area contributed by atoms with Crippen LogP contribution in [0, 0.1) is 0 Å². The number of carbonyl (C=O) groups is 1. The average molecular weight is 263 g/mol. The second kappa shape index (κ2) is 5.61. The van der Waals surface area contributed by atoms with E-state index in [0.29, 0.717) is 18.6 Å². The molecule has 1 fully saturated rings. The number of rotatable bonds is 4. The highest BCUT2D eigenvalue weighted by Crippen LogP contribution is 2.39. The molecule has 1 aromatic rings. The standard InChI is InChI=1S/C15H21NO3/c1-16-15(8-6-12(17)7-9-15)11-4-5-13(18-2)14(10-11)19-3/h4-5,10,16H,6-9H2,1-3H3. The minimum absolute atomic E-state index is 0.131. The summed E-state index contributed by atoms with van der Waals surface area (Å²) in [6, 6.07) is 5.97. The van der Waals surface area contributed by atoms with Gasteiger partial charge in [-0.15, -0.1) is 0 Å². The van der Waals surface area contributed by atoms with Crippen LogP contribution < -0.4 is 14.8 Å². The van der Waals surface area contributed by atoms with Gasteiger partial charge in [0.25, 0.3) is 0 Å². The number of ketones is 1. The lowest BCUT2D eigenvalue weighted by Gasteiger charge is -2.37. The first-order valence-corrected chi connectivity index (χ1v) is 6.58. The molecule has 0 bridgehead atoms. The molecule has 0 aromatic heterocycles. The van der Waals surface area contributed by atoms with Crippen molar-refractivity contribution in [1.82, 2.24) is 5.32 Å². The molecule has 0 atom stereocenters. The number of nitrogens with one attached hydrogen (secondary N) is 1. The van der Waals surface area contributed by atoms with E-state index in [-0.39, 0.29) is 5.54 Å². The van der Waals surface area contributed by atoms with Crippen molar-refractivity contribution >= 4 is 5.78 Å². The third kappa shape index (κ3) is 2.59. The summed E-state index contributed by atoms with van der Waals surface area (Å²) in [5.74, 6) is 1.81. The first-order valence-electron chi connectivity index (χ1n) is 6.58. The molecule has 1 aliphatic carbocycles. The lowest BCUT2D eigenvalue weighted by atomic mass is 9.76. The van der Waals surface area contributed by atoms with Crippen LogP contribution in [-0.2, 0) is 10.3 Å². The van der Waals surface area contributed by atoms with Crippen LogP contribution in [0.1, 0.15) is 31.2 Å². The summed E-state index contributed by atoms with van der Waals surface area (Å²) in [7, 11) is 5.22. The maximum absolute atomic E-state index is 11.4. The number of methoxy groups -OCH3 is 2. The molecule has 0 saturated heterocycles. The van der Waals surface area contributed by atoms with E-state index >= 15 is 0 Å². The number of hydrogen-bond acceptors (Lipinski definition) is 4. The number of hydrogen-bond donors (Lipinski definition) is 1. The fourth-order valence-corrected chi connectivity index (χ4v) is 2.77. The van der Waals surface area contributed by atoms with Crippen LogP contribution in [0.4, 0.5) is 0 Å². The summed E-state index contributed by atoms with van der Waals surface area (Å²) in [6.07, 6.45) is 2.93. The SMILES string of the molecule is CNC1(c2ccc(OC)c(OC)c2)CCC(=O)CC1. The van der Waals surface area contributed by atoms with Gasteiger partial charge in [0, 0.05) is 18.4 Å². The largest absolute Gasteiger partial charge is 0.493 e. The molecular weight excluding hydrogens is 242 g/mol. The van der Waals surface area contributed by atoms with Crippen LogP contribution in [0.15, 0.2) is 18.2 Å². The molecule has 0 spiro atoms. The van der Waals surface area contributed by atoms with Gasteiger partial charge in [-0.05, 0) is 37.6 Å². The number of benzene rings is 1. The van der Waals surface area contributed by atoms with Gasteiger partial charge in [-0.25, -0.2) is 0 Å². The van der Waals surface area contributed by atoms with Gasteiger partial charge < -0.3 is 14.8 Å². The summed E-state index contributed by atoms with van der Waals surface area (Å²) in [5, 5.41) is 3.39. The van der Waals surface area contributed by atoms with Gasteiger partial charge in [-0.2, -0.15) is 0 Å². The van der Waals surface area contributed by atoms with Gasteiger partial charge in [0.15, 0.2) is 11.5 Å². The Morgan fingerprint density at radius 1 is 1.11 bits per heavy atom. The van der Waals surface area contributed by atoms with Crippen molar-refractivity contribution in [3.05, 3.63) is 23.8 Å². The number of Topliss-reactive ketones (excluding diaryl/α,β-unsaturated/α-hetero) is 1. The zero-order valence-electron chi connectivity index (χ0n) is 11.8. The van der Waals surface area contributed by atoms with Gasteiger partial charge >= 0.3 is 0 Å². The Morgan fingerprint density at radius 2 is 1.74 bits per heavy atom. The summed E-state index contributed by atoms with van der Waals surface area (Å²) < 4.78 is 10.6. The van der Waals surface area contributed by atoms with Gasteiger partial charge in [0.2, 0.25) is 0 Å². The lowest BCUT2D eigenvalue weighted by Crippen LogP contribution is -2.43. The molecule has 1 aromatic carbocycles. The molecule has 0 amide bonds. The second-order valence-electron chi connectivity index (χ2n) is 4.94. The average Bonchev–Trinajstić information content (AvgIpc) is 2.47. The van der Waals surface area contributed by atoms with Gasteiger partial charge in [-0.3, -0.25) is 4.79 Å². The molecule has 0 heterocycles. The molecule has 1 aliphatic rings. The van der Waals surface area contributed by atoms with Crippen molar-refractivity contribution in [3.8, 4) is 11.5 Å². The molecule has 0 radical (unpaired) electrons. The van der Waals surface area contributed by atoms with Crippen molar-refractivity contribution in [2.24, 2.45) is 0 Å². The fraction of sp³-hybridized carbons (Fsp3) is 0.533. The van der Waals surface area contributed by atoms with E-state index in [0.717, 1.165) is 29.9 Å². The fourth-order valence-electron chi connectivity index (χ4n) is 2.77. The third-order valence-corrected chi connectivity index (χ3v) is 4.08. The van der Waals surface area contributed by atoms with Crippen LogP contribution in [0.5, 0.6) is 11.5 Å². The van der Waals surface area contributed by atoms with E-state index < -0.39 is 0 Å². The summed E-state index contributed by atoms with van der Waals surface area (Å²) in [4.78, 5) is 11.4. The van der Waals surface area contributed by atoms with Crippen LogP contribution in [-0.4, -0.2) is 27.1 Å². The van der Waals surface area contributed by atoms with E-state index in [1.807, 2.05) is 25.2 Å². The van der Waals surface area contributed by atoms with Crippen molar-refractivity contribution in [3.63, 3.8) is 0 Å². The predicted octanol–water partition coefficient (Wildman–Crippen LogP) is 2.26. The zero-order chi connectivity index (χ0) is 13.9. The van der Waals surface area contributed by atoms with Gasteiger partial charge in [0.1, 0.15) is 5.78 Å².